The highest BCUT2D eigenvalue weighted by atomic mass is 35.5. The van der Waals surface area contributed by atoms with Gasteiger partial charge in [-0.2, -0.15) is 13.8 Å². The summed E-state index contributed by atoms with van der Waals surface area (Å²) in [7, 11) is 0. The third-order valence-electron chi connectivity index (χ3n) is 3.97. The van der Waals surface area contributed by atoms with Crippen LogP contribution >= 0.6 is 11.6 Å². The molecule has 0 atom stereocenters. The molecule has 0 aliphatic carbocycles. The second-order valence-corrected chi connectivity index (χ2v) is 6.62. The summed E-state index contributed by atoms with van der Waals surface area (Å²) < 4.78 is 32.6. The lowest BCUT2D eigenvalue weighted by atomic mass is 9.98. The van der Waals surface area contributed by atoms with Gasteiger partial charge in [-0.1, -0.05) is 22.8 Å². The molecular formula is C19H13ClF2N4O. The summed E-state index contributed by atoms with van der Waals surface area (Å²) in [6, 6.07) is 10.4. The Labute approximate surface area is 158 Å². The monoisotopic (exact) mass is 386 g/mol. The third-order valence-corrected chi connectivity index (χ3v) is 4.21. The van der Waals surface area contributed by atoms with Crippen LogP contribution in [0.15, 0.2) is 52.1 Å². The number of halogens is 3. The molecule has 2 aromatic heterocycles. The smallest absolute Gasteiger partial charge is 0.287 e. The number of aryl methyl sites for hydroxylation is 1. The van der Waals surface area contributed by atoms with Crippen molar-refractivity contribution in [2.75, 3.05) is 0 Å². The Kier molecular flexibility index (Phi) is 4.31. The average Bonchev–Trinajstić information content (AvgIpc) is 3.10. The number of benzene rings is 1. The van der Waals surface area contributed by atoms with Crippen LogP contribution in [0.4, 0.5) is 8.78 Å². The van der Waals surface area contributed by atoms with Gasteiger partial charge < -0.3 is 4.52 Å². The number of nitrogens with zero attached hydrogens (tertiary/aromatic N) is 4. The molecule has 1 aliphatic heterocycles. The lowest BCUT2D eigenvalue weighted by molar-refractivity contribution is 0.0889. The Morgan fingerprint density at radius 2 is 1.96 bits per heavy atom. The lowest BCUT2D eigenvalue weighted by Crippen LogP contribution is -2.20. The number of pyridine rings is 1. The maximum atomic E-state index is 13.6. The molecule has 0 spiro atoms. The summed E-state index contributed by atoms with van der Waals surface area (Å²) >= 11 is 5.99. The second kappa shape index (κ2) is 6.66. The Bertz CT molecular complexity index is 1080. The fourth-order valence-corrected chi connectivity index (χ4v) is 2.98. The van der Waals surface area contributed by atoms with Gasteiger partial charge in [-0.3, -0.25) is 4.99 Å². The van der Waals surface area contributed by atoms with Crippen molar-refractivity contribution in [3.05, 3.63) is 58.9 Å². The van der Waals surface area contributed by atoms with Gasteiger partial charge in [0.15, 0.2) is 0 Å². The minimum atomic E-state index is -2.96. The second-order valence-electron chi connectivity index (χ2n) is 6.19. The van der Waals surface area contributed by atoms with Crippen LogP contribution < -0.4 is 0 Å². The van der Waals surface area contributed by atoms with E-state index >= 15 is 0 Å². The quantitative estimate of drug-likeness (QED) is 0.619. The number of alkyl halides is 2. The van der Waals surface area contributed by atoms with Crippen LogP contribution in [-0.2, 0) is 0 Å². The van der Waals surface area contributed by atoms with Gasteiger partial charge in [-0.15, -0.1) is 0 Å². The zero-order chi connectivity index (χ0) is 19.0. The fourth-order valence-electron chi connectivity index (χ4n) is 2.79. The lowest BCUT2D eigenvalue weighted by Gasteiger charge is -2.17. The third kappa shape index (κ3) is 3.78. The van der Waals surface area contributed by atoms with Crippen LogP contribution in [0.1, 0.15) is 17.7 Å². The van der Waals surface area contributed by atoms with E-state index in [2.05, 4.69) is 20.1 Å². The topological polar surface area (TPSA) is 64.2 Å². The van der Waals surface area contributed by atoms with Crippen LogP contribution in [-0.4, -0.2) is 27.3 Å². The summed E-state index contributed by atoms with van der Waals surface area (Å²) in [6.45, 7) is 1.77. The highest BCUT2D eigenvalue weighted by molar-refractivity contribution is 6.30. The Hall–Kier alpha value is -2.93. The molecule has 0 bridgehead atoms. The van der Waals surface area contributed by atoms with Crippen LogP contribution in [0.3, 0.4) is 0 Å². The number of aromatic nitrogens is 3. The first-order chi connectivity index (χ1) is 12.9. The molecule has 0 saturated carbocycles. The molecule has 0 N–H and O–H groups in total. The van der Waals surface area contributed by atoms with Crippen LogP contribution in [0, 0.1) is 6.92 Å². The summed E-state index contributed by atoms with van der Waals surface area (Å²) in [6.07, 6.45) is 1.67. The van der Waals surface area contributed by atoms with Gasteiger partial charge in [0.2, 0.25) is 5.82 Å². The van der Waals surface area contributed by atoms with Gasteiger partial charge in [0.25, 0.3) is 11.8 Å². The van der Waals surface area contributed by atoms with E-state index in [4.69, 9.17) is 16.1 Å². The van der Waals surface area contributed by atoms with Crippen molar-refractivity contribution >= 4 is 23.4 Å². The molecule has 27 heavy (non-hydrogen) atoms. The highest BCUT2D eigenvalue weighted by Crippen LogP contribution is 2.33. The molecule has 0 fully saturated rings. The van der Waals surface area contributed by atoms with E-state index in [1.165, 1.54) is 6.20 Å². The van der Waals surface area contributed by atoms with Crippen LogP contribution in [0.5, 0.6) is 0 Å². The molecule has 1 aromatic carbocycles. The summed E-state index contributed by atoms with van der Waals surface area (Å²) in [4.78, 5) is 12.4. The maximum absolute atomic E-state index is 13.6. The van der Waals surface area contributed by atoms with Gasteiger partial charge in [0.1, 0.15) is 5.69 Å². The van der Waals surface area contributed by atoms with Crippen molar-refractivity contribution in [1.82, 2.24) is 15.1 Å². The molecule has 0 amide bonds. The van der Waals surface area contributed by atoms with Crippen LogP contribution in [0.2, 0.25) is 5.02 Å². The van der Waals surface area contributed by atoms with E-state index < -0.39 is 12.3 Å². The molecular weight excluding hydrogens is 374 g/mol. The molecule has 1 aliphatic rings. The zero-order valence-corrected chi connectivity index (χ0v) is 14.9. The Morgan fingerprint density at radius 1 is 1.11 bits per heavy atom. The number of rotatable bonds is 3. The molecule has 3 heterocycles. The van der Waals surface area contributed by atoms with Gasteiger partial charge >= 0.3 is 0 Å². The molecule has 0 saturated heterocycles. The minimum Gasteiger partial charge on any atom is -0.334 e. The average molecular weight is 387 g/mol. The van der Waals surface area contributed by atoms with E-state index in [0.29, 0.717) is 45.2 Å². The SMILES string of the molecule is Cc1cc(C2=CN=CC(F)(F)C2)cc(-c2noc(-c3cccc(Cl)c3)n2)n1. The van der Waals surface area contributed by atoms with Crippen molar-refractivity contribution in [3.8, 4) is 23.0 Å². The normalized spacial score (nSPS) is 15.6. The van der Waals surface area contributed by atoms with Gasteiger partial charge in [0.05, 0.1) is 6.21 Å². The van der Waals surface area contributed by atoms with Crippen molar-refractivity contribution in [1.29, 1.82) is 0 Å². The molecule has 3 aromatic rings. The first-order valence-electron chi connectivity index (χ1n) is 8.10. The van der Waals surface area contributed by atoms with E-state index in [1.54, 1.807) is 43.3 Å². The van der Waals surface area contributed by atoms with Gasteiger partial charge in [-0.25, -0.2) is 4.98 Å². The molecule has 5 nitrogen and oxygen atoms in total. The maximum Gasteiger partial charge on any atom is 0.287 e. The standard InChI is InChI=1S/C19H13ClF2N4O/c1-11-5-13(14-8-19(21,22)10-23-9-14)7-16(24-11)17-25-18(27-26-17)12-3-2-4-15(20)6-12/h2-7,9-10H,8H2,1H3. The number of hydrogen-bond acceptors (Lipinski definition) is 5. The number of allylic oxidation sites excluding steroid dienone is 1. The van der Waals surface area contributed by atoms with Gasteiger partial charge in [0, 0.05) is 28.9 Å². The molecule has 136 valence electrons. The summed E-state index contributed by atoms with van der Waals surface area (Å²) in [5.41, 5.74) is 2.78. The fraction of sp³-hybridized carbons (Fsp3) is 0.158. The van der Waals surface area contributed by atoms with Crippen molar-refractivity contribution < 1.29 is 13.3 Å². The molecule has 0 radical (unpaired) electrons. The van der Waals surface area contributed by atoms with Crippen molar-refractivity contribution in [3.63, 3.8) is 0 Å². The van der Waals surface area contributed by atoms with Crippen LogP contribution in [0.25, 0.3) is 28.5 Å². The highest BCUT2D eigenvalue weighted by Gasteiger charge is 2.30. The van der Waals surface area contributed by atoms with E-state index in [0.717, 1.165) is 0 Å². The molecule has 0 unspecified atom stereocenters. The minimum absolute atomic E-state index is 0.265. The predicted molar refractivity (Wildman–Crippen MR) is 98.7 cm³/mol. The van der Waals surface area contributed by atoms with E-state index in [1.807, 2.05) is 0 Å². The summed E-state index contributed by atoms with van der Waals surface area (Å²) in [5, 5.41) is 4.51. The van der Waals surface area contributed by atoms with E-state index in [9.17, 15) is 8.78 Å². The van der Waals surface area contributed by atoms with Crippen molar-refractivity contribution in [2.45, 2.75) is 19.3 Å². The number of aliphatic imine (C=N–C) groups is 1. The zero-order valence-electron chi connectivity index (χ0n) is 14.2. The van der Waals surface area contributed by atoms with E-state index in [-0.39, 0.29) is 5.82 Å². The van der Waals surface area contributed by atoms with Crippen molar-refractivity contribution in [2.24, 2.45) is 4.99 Å². The number of hydrogen-bond donors (Lipinski definition) is 0. The first-order valence-corrected chi connectivity index (χ1v) is 8.48. The molecule has 8 heteroatoms. The Morgan fingerprint density at radius 3 is 2.74 bits per heavy atom. The largest absolute Gasteiger partial charge is 0.334 e. The molecule has 4 rings (SSSR count). The van der Waals surface area contributed by atoms with Gasteiger partial charge in [-0.05, 0) is 48.4 Å². The first kappa shape index (κ1) is 17.5. The summed E-state index contributed by atoms with van der Waals surface area (Å²) in [5.74, 6) is -2.40. The Balaban J connectivity index is 1.70. The predicted octanol–water partition coefficient (Wildman–Crippen LogP) is 5.21.